The second-order valence-corrected chi connectivity index (χ2v) is 27.5. The van der Waals surface area contributed by atoms with Crippen LogP contribution in [-0.2, 0) is 24.3 Å². The molecule has 0 N–H and O–H groups in total. The monoisotopic (exact) mass is 644 g/mol. The molecule has 0 aromatic heterocycles. The van der Waals surface area contributed by atoms with E-state index in [0.29, 0.717) is 11.8 Å². The number of hydrogen-bond acceptors (Lipinski definition) is 0. The Morgan fingerprint density at radius 2 is 1.46 bits per heavy atom. The van der Waals surface area contributed by atoms with Gasteiger partial charge in [0.25, 0.3) is 0 Å². The van der Waals surface area contributed by atoms with Crippen molar-refractivity contribution in [2.75, 3.05) is 0 Å². The van der Waals surface area contributed by atoms with E-state index >= 15 is 0 Å². The van der Waals surface area contributed by atoms with E-state index in [-0.39, 0.29) is 3.63 Å². The quantitative estimate of drug-likeness (QED) is 0.164. The number of benzene rings is 4. The number of fused-ring (bicyclic) bond motifs is 4. The van der Waals surface area contributed by atoms with Crippen molar-refractivity contribution in [1.29, 1.82) is 0 Å². The van der Waals surface area contributed by atoms with Gasteiger partial charge in [0, 0.05) is 0 Å². The second-order valence-electron chi connectivity index (χ2n) is 11.7. The van der Waals surface area contributed by atoms with Gasteiger partial charge in [0.05, 0.1) is 0 Å². The molecule has 2 aliphatic rings. The Balaban J connectivity index is 1.57. The molecule has 0 saturated heterocycles. The minimum absolute atomic E-state index is 0.107. The van der Waals surface area contributed by atoms with Crippen molar-refractivity contribution in [2.24, 2.45) is 5.92 Å². The van der Waals surface area contributed by atoms with Crippen LogP contribution in [0.3, 0.4) is 0 Å². The maximum atomic E-state index is 7.88. The molecule has 1 aliphatic carbocycles. The van der Waals surface area contributed by atoms with Gasteiger partial charge < -0.3 is 0 Å². The van der Waals surface area contributed by atoms with Gasteiger partial charge in [-0.05, 0) is 0 Å². The van der Waals surface area contributed by atoms with Crippen molar-refractivity contribution in [3.05, 3.63) is 107 Å². The summed E-state index contributed by atoms with van der Waals surface area (Å²) in [6, 6.07) is 29.3. The Morgan fingerprint density at radius 3 is 2.18 bits per heavy atom. The zero-order chi connectivity index (χ0) is 27.5. The van der Waals surface area contributed by atoms with Crippen molar-refractivity contribution in [3.63, 3.8) is 0 Å². The Kier molecular flexibility index (Phi) is 7.47. The number of allylic oxidation sites excluding steroid dienone is 1. The van der Waals surface area contributed by atoms with Crippen LogP contribution in [0.2, 0.25) is 0 Å². The van der Waals surface area contributed by atoms with Gasteiger partial charge in [0.2, 0.25) is 0 Å². The third-order valence-corrected chi connectivity index (χ3v) is 23.1. The third-order valence-electron chi connectivity index (χ3n) is 8.80. The molecule has 0 radical (unpaired) electrons. The first-order valence-electron chi connectivity index (χ1n) is 14.3. The van der Waals surface area contributed by atoms with E-state index in [4.69, 9.17) is 17.0 Å². The Labute approximate surface area is 247 Å². The zero-order valence-corrected chi connectivity index (χ0v) is 28.9. The average molecular weight is 647 g/mol. The SMILES string of the molecule is CCc1ccccc1-c1c(C(C)C)ccc2c1C=C(C(C)C)[CH]2[Zr]([Cl])([Cl])[c]1cccc2c1[SiH2]c1ccccc1-2. The van der Waals surface area contributed by atoms with Crippen LogP contribution in [0, 0.1) is 5.92 Å². The molecule has 1 heterocycles. The van der Waals surface area contributed by atoms with Gasteiger partial charge in [-0.25, -0.2) is 0 Å². The van der Waals surface area contributed by atoms with Crippen LogP contribution in [0.4, 0.5) is 0 Å². The van der Waals surface area contributed by atoms with Gasteiger partial charge >= 0.3 is 250 Å². The average Bonchev–Trinajstić information content (AvgIpc) is 3.52. The number of halogens is 2. The molecule has 0 bridgehead atoms. The topological polar surface area (TPSA) is 0 Å². The van der Waals surface area contributed by atoms with Gasteiger partial charge in [-0.2, -0.15) is 0 Å². The third kappa shape index (κ3) is 4.51. The number of hydrogen-bond donors (Lipinski definition) is 0. The van der Waals surface area contributed by atoms with Crippen LogP contribution in [0.1, 0.15) is 66.4 Å². The van der Waals surface area contributed by atoms with Gasteiger partial charge in [-0.1, -0.05) is 0 Å². The van der Waals surface area contributed by atoms with Gasteiger partial charge in [0.15, 0.2) is 0 Å². The van der Waals surface area contributed by atoms with Crippen molar-refractivity contribution in [1.82, 2.24) is 0 Å². The first-order chi connectivity index (χ1) is 18.7. The first-order valence-corrected chi connectivity index (χ1v) is 24.7. The summed E-state index contributed by atoms with van der Waals surface area (Å²) in [7, 11) is 15.1. The standard InChI is InChI=1S/C23H27.C12H9Si.2ClH.Zr/c1-6-17-9-7-8-10-21(17)23-20(16(4)5)12-11-18-13-19(15(2)3)14-22(18)23;1-3-7-11-9(5-1)10-6-2-4-8-12(10)13-11;;;/h7-16H,6H2,1-5H3;1-7H,13H2;2*1H;/q;;;;+2/p-2. The molecule has 0 spiro atoms. The molecule has 0 fully saturated rings. The van der Waals surface area contributed by atoms with Gasteiger partial charge in [0.1, 0.15) is 0 Å². The summed E-state index contributed by atoms with van der Waals surface area (Å²) in [4.78, 5) is 0. The van der Waals surface area contributed by atoms with Crippen molar-refractivity contribution in [3.8, 4) is 22.3 Å². The van der Waals surface area contributed by atoms with Crippen molar-refractivity contribution in [2.45, 2.75) is 50.6 Å². The molecule has 0 amide bonds. The molecular formula is C35H36Cl2SiZr. The van der Waals surface area contributed by atoms with E-state index in [1.165, 1.54) is 63.7 Å². The van der Waals surface area contributed by atoms with Crippen LogP contribution in [0.25, 0.3) is 28.3 Å². The molecule has 1 aliphatic heterocycles. The molecule has 6 rings (SSSR count). The van der Waals surface area contributed by atoms with E-state index in [1.807, 2.05) is 0 Å². The molecule has 1 atom stereocenters. The van der Waals surface area contributed by atoms with Crippen LogP contribution in [0.5, 0.6) is 0 Å². The predicted molar refractivity (Wildman–Crippen MR) is 172 cm³/mol. The normalized spacial score (nSPS) is 16.5. The van der Waals surface area contributed by atoms with Gasteiger partial charge in [-0.3, -0.25) is 0 Å². The molecule has 39 heavy (non-hydrogen) atoms. The molecule has 4 aromatic carbocycles. The Bertz CT molecular complexity index is 1620. The van der Waals surface area contributed by atoms with E-state index in [9.17, 15) is 0 Å². The maximum absolute atomic E-state index is 7.88. The van der Waals surface area contributed by atoms with Crippen LogP contribution < -0.4 is 13.6 Å². The second kappa shape index (κ2) is 10.6. The van der Waals surface area contributed by atoms with E-state index in [0.717, 1.165) is 6.42 Å². The summed E-state index contributed by atoms with van der Waals surface area (Å²) >= 11 is -3.99. The Morgan fingerprint density at radius 1 is 0.769 bits per heavy atom. The molecule has 1 unspecified atom stereocenters. The fourth-order valence-corrected chi connectivity index (χ4v) is 23.9. The molecule has 0 nitrogen and oxygen atoms in total. The van der Waals surface area contributed by atoms with Crippen LogP contribution in [0.15, 0.2) is 84.4 Å². The predicted octanol–water partition coefficient (Wildman–Crippen LogP) is 8.02. The Hall–Kier alpha value is -1.70. The summed E-state index contributed by atoms with van der Waals surface area (Å²) in [5.41, 5.74) is 12.4. The summed E-state index contributed by atoms with van der Waals surface area (Å²) in [5, 5.41) is 3.01. The number of aryl methyl sites for hydroxylation is 1. The van der Waals surface area contributed by atoms with Crippen LogP contribution in [-0.4, -0.2) is 9.52 Å². The summed E-state index contributed by atoms with van der Waals surface area (Å²) < 4.78 is 1.41. The first kappa shape index (κ1) is 27.5. The summed E-state index contributed by atoms with van der Waals surface area (Å²) in [6.07, 6.45) is 3.49. The minimum atomic E-state index is -3.99. The molecular weight excluding hydrogens is 611 g/mol. The van der Waals surface area contributed by atoms with E-state index in [1.54, 1.807) is 0 Å². The summed E-state index contributed by atoms with van der Waals surface area (Å²) in [5.74, 6) is 0.797. The molecule has 0 saturated carbocycles. The fraction of sp³-hybridized carbons (Fsp3) is 0.257. The van der Waals surface area contributed by atoms with Crippen molar-refractivity contribution >= 4 is 46.3 Å². The number of rotatable bonds is 6. The van der Waals surface area contributed by atoms with E-state index in [2.05, 4.69) is 120 Å². The zero-order valence-electron chi connectivity index (χ0n) is 23.5. The van der Waals surface area contributed by atoms with Crippen molar-refractivity contribution < 1.29 is 17.9 Å². The summed E-state index contributed by atoms with van der Waals surface area (Å²) in [6.45, 7) is 11.5. The van der Waals surface area contributed by atoms with Gasteiger partial charge in [-0.15, -0.1) is 0 Å². The fourth-order valence-electron chi connectivity index (χ4n) is 6.87. The molecule has 198 valence electrons. The molecule has 4 heteroatoms. The molecule has 4 aromatic rings. The van der Waals surface area contributed by atoms with Crippen LogP contribution >= 0.6 is 17.0 Å². The van der Waals surface area contributed by atoms with E-state index < -0.39 is 27.4 Å².